The number of hydrogen-bond acceptors (Lipinski definition) is 12. The molecule has 4 bridgehead atoms. The Balaban J connectivity index is 0.917. The minimum atomic E-state index is -4.97. The summed E-state index contributed by atoms with van der Waals surface area (Å²) >= 11 is 0. The van der Waals surface area contributed by atoms with E-state index in [-0.39, 0.29) is 42.4 Å². The Bertz CT molecular complexity index is 1710. The van der Waals surface area contributed by atoms with Crippen molar-refractivity contribution in [2.24, 2.45) is 41.4 Å². The highest BCUT2D eigenvalue weighted by molar-refractivity contribution is 5.28. The van der Waals surface area contributed by atoms with Crippen LogP contribution in [0.15, 0.2) is 17.5 Å². The normalized spacial score (nSPS) is 47.2. The molecule has 9 heterocycles. The van der Waals surface area contributed by atoms with Crippen molar-refractivity contribution in [3.63, 3.8) is 0 Å². The largest absolute Gasteiger partial charge is 0.456 e. The molecule has 10 aliphatic rings. The number of ether oxygens (including phenoxy) is 6. The van der Waals surface area contributed by atoms with Gasteiger partial charge in [0.2, 0.25) is 23.6 Å². The zero-order chi connectivity index (χ0) is 39.7. The highest BCUT2D eigenvalue weighted by Gasteiger charge is 2.77. The van der Waals surface area contributed by atoms with E-state index >= 15 is 13.2 Å². The number of halogens is 6. The van der Waals surface area contributed by atoms with E-state index in [4.69, 9.17) is 48.0 Å². The predicted octanol–water partition coefficient (Wildman–Crippen LogP) is 7.01. The van der Waals surface area contributed by atoms with E-state index in [9.17, 15) is 13.2 Å². The Morgan fingerprint density at radius 3 is 2.09 bits per heavy atom. The number of fused-ring (bicyclic) bond motifs is 4. The van der Waals surface area contributed by atoms with Crippen molar-refractivity contribution in [2.45, 2.75) is 153 Å². The Hall–Kier alpha value is -2.10. The van der Waals surface area contributed by atoms with Crippen molar-refractivity contribution in [1.82, 2.24) is 15.0 Å². The lowest BCUT2D eigenvalue weighted by Gasteiger charge is -2.62. The van der Waals surface area contributed by atoms with Gasteiger partial charge in [0.1, 0.15) is 0 Å². The Kier molecular flexibility index (Phi) is 9.28. The van der Waals surface area contributed by atoms with E-state index in [1.54, 1.807) is 13.8 Å². The summed E-state index contributed by atoms with van der Waals surface area (Å²) < 4.78 is 127. The summed E-state index contributed by atoms with van der Waals surface area (Å²) in [5.41, 5.74) is -2.34. The number of allylic oxidation sites excluding steroid dienone is 1. The van der Waals surface area contributed by atoms with Crippen LogP contribution in [0.1, 0.15) is 91.7 Å². The van der Waals surface area contributed by atoms with Gasteiger partial charge in [-0.05, 0) is 70.1 Å². The molecule has 7 saturated heterocycles. The molecule has 0 aromatic carbocycles. The lowest BCUT2D eigenvalue weighted by Crippen LogP contribution is -2.76. The minimum absolute atomic E-state index is 0.115. The van der Waals surface area contributed by atoms with E-state index < -0.39 is 90.2 Å². The molecule has 1 aromatic heterocycles. The van der Waals surface area contributed by atoms with E-state index in [1.807, 2.05) is 6.92 Å². The van der Waals surface area contributed by atoms with Crippen LogP contribution in [-0.2, 0) is 61.1 Å². The first-order valence-corrected chi connectivity index (χ1v) is 19.8. The van der Waals surface area contributed by atoms with Gasteiger partial charge < -0.3 is 28.4 Å². The molecule has 314 valence electrons. The van der Waals surface area contributed by atoms with Gasteiger partial charge in [0, 0.05) is 42.1 Å². The van der Waals surface area contributed by atoms with Crippen LogP contribution in [0.4, 0.5) is 26.3 Å². The van der Waals surface area contributed by atoms with Crippen LogP contribution in [-0.4, -0.2) is 81.7 Å². The Morgan fingerprint density at radius 2 is 1.41 bits per heavy atom. The molecule has 4 unspecified atom stereocenters. The highest BCUT2D eigenvalue weighted by Crippen LogP contribution is 2.65. The summed E-state index contributed by atoms with van der Waals surface area (Å²) in [5, 5.41) is 7.91. The molecular weight excluding hydrogens is 760 g/mol. The van der Waals surface area contributed by atoms with Crippen molar-refractivity contribution in [3.8, 4) is 0 Å². The molecule has 0 radical (unpaired) electrons. The Labute approximate surface area is 319 Å². The SMILES string of the molecule is C[C@@H]1CC[C@H]2[C@@H](C)[C@](OCCn3nncc3COCC3=C(C(F)(F)F)O[C@@H]4OC5(C)CCC6[C@H](C)CC[C@@H]3[C@]64OO5)(C(F)(F)F)O[C@@H]3O[C@@]4(C)CCC1C32OO4. The third-order valence-electron chi connectivity index (χ3n) is 14.4. The van der Waals surface area contributed by atoms with Gasteiger partial charge in [0.05, 0.1) is 38.3 Å². The summed E-state index contributed by atoms with van der Waals surface area (Å²) in [5.74, 6) is -9.46. The van der Waals surface area contributed by atoms with Gasteiger partial charge in [0.25, 0.3) is 5.79 Å². The molecular formula is C37H49F6N3O10. The molecule has 0 N–H and O–H groups in total. The van der Waals surface area contributed by atoms with Crippen LogP contribution in [0.2, 0.25) is 0 Å². The second-order valence-corrected chi connectivity index (χ2v) is 17.6. The van der Waals surface area contributed by atoms with Crippen LogP contribution in [0, 0.1) is 41.4 Å². The second-order valence-electron chi connectivity index (χ2n) is 17.6. The molecule has 56 heavy (non-hydrogen) atoms. The Morgan fingerprint density at radius 1 is 0.768 bits per heavy atom. The highest BCUT2D eigenvalue weighted by atomic mass is 19.4. The number of aromatic nitrogens is 3. The second kappa shape index (κ2) is 13.2. The summed E-state index contributed by atoms with van der Waals surface area (Å²) in [6.07, 6.45) is -6.92. The topological polar surface area (TPSA) is 123 Å². The van der Waals surface area contributed by atoms with Crippen LogP contribution in [0.5, 0.6) is 0 Å². The molecule has 1 aromatic rings. The number of rotatable bonds is 8. The first-order valence-electron chi connectivity index (χ1n) is 19.8. The minimum Gasteiger partial charge on any atom is -0.456 e. The van der Waals surface area contributed by atoms with Gasteiger partial charge in [-0.3, -0.25) is 0 Å². The maximum atomic E-state index is 15.3. The average Bonchev–Trinajstić information content (AvgIpc) is 3.26. The molecule has 11 rings (SSSR count). The molecule has 13 nitrogen and oxygen atoms in total. The van der Waals surface area contributed by atoms with Crippen molar-refractivity contribution in [2.75, 3.05) is 13.2 Å². The van der Waals surface area contributed by atoms with Crippen LogP contribution in [0.3, 0.4) is 0 Å². The number of hydrogen-bond donors (Lipinski definition) is 0. The number of alkyl halides is 6. The maximum Gasteiger partial charge on any atom is 0.449 e. The fourth-order valence-electron chi connectivity index (χ4n) is 11.5. The zero-order valence-corrected chi connectivity index (χ0v) is 32.0. The van der Waals surface area contributed by atoms with E-state index in [0.717, 1.165) is 0 Å². The van der Waals surface area contributed by atoms with E-state index in [0.29, 0.717) is 57.1 Å². The molecule has 2 spiro atoms. The molecule has 19 heteroatoms. The van der Waals surface area contributed by atoms with Gasteiger partial charge in [-0.15, -0.1) is 5.10 Å². The summed E-state index contributed by atoms with van der Waals surface area (Å²) in [6, 6.07) is 0. The van der Waals surface area contributed by atoms with Crippen molar-refractivity contribution in [1.29, 1.82) is 0 Å². The van der Waals surface area contributed by atoms with Gasteiger partial charge in [0.15, 0.2) is 17.5 Å². The van der Waals surface area contributed by atoms with Gasteiger partial charge in [-0.2, -0.15) is 26.3 Å². The van der Waals surface area contributed by atoms with Gasteiger partial charge in [-0.25, -0.2) is 24.2 Å². The smallest absolute Gasteiger partial charge is 0.449 e. The molecule has 9 fully saturated rings. The third-order valence-corrected chi connectivity index (χ3v) is 14.4. The summed E-state index contributed by atoms with van der Waals surface area (Å²) in [4.78, 5) is 23.5. The van der Waals surface area contributed by atoms with Crippen LogP contribution >= 0.6 is 0 Å². The first kappa shape index (κ1) is 39.4. The lowest BCUT2D eigenvalue weighted by atomic mass is 9.57. The van der Waals surface area contributed by atoms with Crippen LogP contribution in [0.25, 0.3) is 0 Å². The van der Waals surface area contributed by atoms with Gasteiger partial charge >= 0.3 is 12.4 Å². The van der Waals surface area contributed by atoms with Crippen LogP contribution < -0.4 is 0 Å². The third kappa shape index (κ3) is 5.75. The fraction of sp³-hybridized carbons (Fsp3) is 0.892. The molecule has 2 aliphatic carbocycles. The predicted molar refractivity (Wildman–Crippen MR) is 174 cm³/mol. The lowest BCUT2D eigenvalue weighted by molar-refractivity contribution is -0.599. The monoisotopic (exact) mass is 809 g/mol. The van der Waals surface area contributed by atoms with Crippen molar-refractivity contribution in [3.05, 3.63) is 23.2 Å². The molecule has 8 aliphatic heterocycles. The maximum absolute atomic E-state index is 15.3. The van der Waals surface area contributed by atoms with E-state index in [2.05, 4.69) is 17.2 Å². The first-order chi connectivity index (χ1) is 26.4. The van der Waals surface area contributed by atoms with Gasteiger partial charge in [-0.1, -0.05) is 26.0 Å². The zero-order valence-electron chi connectivity index (χ0n) is 32.0. The molecule has 14 atom stereocenters. The van der Waals surface area contributed by atoms with Crippen molar-refractivity contribution >= 4 is 0 Å². The summed E-state index contributed by atoms with van der Waals surface area (Å²) in [6.45, 7) is 7.41. The molecule has 0 amide bonds. The van der Waals surface area contributed by atoms with Crippen molar-refractivity contribution < 1.29 is 74.3 Å². The summed E-state index contributed by atoms with van der Waals surface area (Å²) in [7, 11) is 0. The van der Waals surface area contributed by atoms with E-state index in [1.165, 1.54) is 17.8 Å². The average molecular weight is 810 g/mol. The molecule has 2 saturated carbocycles. The fourth-order valence-corrected chi connectivity index (χ4v) is 11.5. The quantitative estimate of drug-likeness (QED) is 0.198. The standard InChI is InChI=1S/C37H49F6N3O10/c1-19-6-8-26-21(3)35(37(41,42)43,52-30-33(26)24(19)10-13-32(5,51-30)54-55-33)48-15-14-46-22(16-44-45-46)17-47-18-23-27-9-7-20(2)25-11-12-31(4)50-29(34(25,27)56-53-31)49-28(23)36(38,39)40/h16,19-21,24-27,29-30H,6-15,17-18H2,1-5H3/t19-,20-,21-,24?,25?,26+,27+,29-,30+,31?,32-,33?,34-,35-/m1/s1. The number of nitrogens with zero attached hydrogens (tertiary/aromatic N) is 3.